The van der Waals surface area contributed by atoms with Crippen LogP contribution in [-0.4, -0.2) is 36.9 Å². The lowest BCUT2D eigenvalue weighted by atomic mass is 10.2. The van der Waals surface area contributed by atoms with Crippen LogP contribution in [0.1, 0.15) is 10.6 Å². The summed E-state index contributed by atoms with van der Waals surface area (Å²) in [5.74, 6) is 1.41. The number of fused-ring (bicyclic) bond motifs is 1. The summed E-state index contributed by atoms with van der Waals surface area (Å²) in [6.45, 7) is 0. The molecule has 3 heterocycles. The van der Waals surface area contributed by atoms with Crippen molar-refractivity contribution in [3.05, 3.63) is 53.4 Å². The number of hydrogen-bond acceptors (Lipinski definition) is 7. The summed E-state index contributed by atoms with van der Waals surface area (Å²) >= 11 is 1.46. The molecule has 0 aliphatic carbocycles. The van der Waals surface area contributed by atoms with Gasteiger partial charge >= 0.3 is 0 Å². The van der Waals surface area contributed by atoms with Gasteiger partial charge < -0.3 is 4.74 Å². The third kappa shape index (κ3) is 2.74. The second-order valence-corrected chi connectivity index (χ2v) is 5.84. The Bertz CT molecular complexity index is 991. The fourth-order valence-corrected chi connectivity index (χ4v) is 2.90. The van der Waals surface area contributed by atoms with Gasteiger partial charge in [-0.3, -0.25) is 4.98 Å². The van der Waals surface area contributed by atoms with Gasteiger partial charge in [0, 0.05) is 12.4 Å². The first-order valence-electron chi connectivity index (χ1n) is 7.14. The number of aromatic nitrogens is 6. The van der Waals surface area contributed by atoms with Crippen molar-refractivity contribution in [3.8, 4) is 17.3 Å². The van der Waals surface area contributed by atoms with Crippen LogP contribution >= 0.6 is 11.3 Å². The lowest BCUT2D eigenvalue weighted by Crippen LogP contribution is -1.93. The first-order valence-corrected chi connectivity index (χ1v) is 7.96. The van der Waals surface area contributed by atoms with Gasteiger partial charge in [-0.05, 0) is 23.8 Å². The van der Waals surface area contributed by atoms with E-state index in [0.717, 1.165) is 16.3 Å². The molecule has 0 bridgehead atoms. The average Bonchev–Trinajstić information content (AvgIpc) is 3.21. The molecular formula is C16H12N6OS. The van der Waals surface area contributed by atoms with Gasteiger partial charge in [0.25, 0.3) is 0 Å². The molecule has 1 aromatic carbocycles. The second kappa shape index (κ2) is 6.17. The van der Waals surface area contributed by atoms with Crippen LogP contribution in [0.3, 0.4) is 0 Å². The van der Waals surface area contributed by atoms with Crippen LogP contribution in [0.5, 0.6) is 5.75 Å². The van der Waals surface area contributed by atoms with Crippen LogP contribution in [0, 0.1) is 0 Å². The van der Waals surface area contributed by atoms with Crippen molar-refractivity contribution < 1.29 is 4.74 Å². The highest BCUT2D eigenvalue weighted by molar-refractivity contribution is 7.17. The Morgan fingerprint density at radius 3 is 2.71 bits per heavy atom. The zero-order chi connectivity index (χ0) is 16.4. The van der Waals surface area contributed by atoms with E-state index in [2.05, 4.69) is 25.3 Å². The molecule has 0 fully saturated rings. The molecule has 0 saturated carbocycles. The molecule has 0 unspecified atom stereocenters. The minimum absolute atomic E-state index is 0.582. The molecule has 4 aromatic rings. The molecule has 24 heavy (non-hydrogen) atoms. The number of nitrogens with zero attached hydrogens (tertiary/aromatic N) is 6. The minimum Gasteiger partial charge on any atom is -0.497 e. The van der Waals surface area contributed by atoms with E-state index in [0.29, 0.717) is 16.5 Å². The molecule has 0 radical (unpaired) electrons. The van der Waals surface area contributed by atoms with Crippen LogP contribution in [0.25, 0.3) is 28.6 Å². The average molecular weight is 336 g/mol. The molecule has 118 valence electrons. The van der Waals surface area contributed by atoms with Gasteiger partial charge in [0.2, 0.25) is 10.8 Å². The van der Waals surface area contributed by atoms with Crippen molar-refractivity contribution >= 4 is 28.4 Å². The number of hydrogen-bond donors (Lipinski definition) is 0. The quantitative estimate of drug-likeness (QED) is 0.570. The van der Waals surface area contributed by atoms with E-state index in [1.54, 1.807) is 30.2 Å². The summed E-state index contributed by atoms with van der Waals surface area (Å²) in [5, 5.41) is 13.6. The highest BCUT2D eigenvalue weighted by Crippen LogP contribution is 2.21. The minimum atomic E-state index is 0.582. The van der Waals surface area contributed by atoms with Crippen LogP contribution in [0.4, 0.5) is 0 Å². The van der Waals surface area contributed by atoms with E-state index >= 15 is 0 Å². The summed E-state index contributed by atoms with van der Waals surface area (Å²) in [6.07, 6.45) is 8.82. The standard InChI is InChI=1S/C16H12N6OS/c1-23-12-5-2-11(3-6-12)4-7-14-21-22-15(19-20-16(22)24-14)13-10-17-8-9-18-13/h2-10H,1H3. The Balaban J connectivity index is 1.63. The van der Waals surface area contributed by atoms with Crippen molar-refractivity contribution in [2.45, 2.75) is 0 Å². The Kier molecular flexibility index (Phi) is 3.72. The number of rotatable bonds is 4. The Hall–Kier alpha value is -3.13. The van der Waals surface area contributed by atoms with Crippen molar-refractivity contribution in [2.75, 3.05) is 7.11 Å². The topological polar surface area (TPSA) is 78.1 Å². The molecule has 0 N–H and O–H groups in total. The van der Waals surface area contributed by atoms with E-state index in [1.165, 1.54) is 11.3 Å². The summed E-state index contributed by atoms with van der Waals surface area (Å²) in [5.41, 5.74) is 1.71. The zero-order valence-electron chi connectivity index (χ0n) is 12.7. The van der Waals surface area contributed by atoms with Crippen molar-refractivity contribution in [2.24, 2.45) is 0 Å². The largest absolute Gasteiger partial charge is 0.497 e. The second-order valence-electron chi connectivity index (χ2n) is 4.86. The highest BCUT2D eigenvalue weighted by atomic mass is 32.1. The molecule has 0 amide bonds. The fraction of sp³-hybridized carbons (Fsp3) is 0.0625. The third-order valence-corrected chi connectivity index (χ3v) is 4.20. The van der Waals surface area contributed by atoms with Gasteiger partial charge in [0.1, 0.15) is 16.5 Å². The SMILES string of the molecule is COc1ccc(C=Cc2nn3c(-c4cnccn4)nnc3s2)cc1. The molecule has 0 aliphatic rings. The van der Waals surface area contributed by atoms with Gasteiger partial charge in [-0.25, -0.2) is 4.98 Å². The normalized spacial score (nSPS) is 11.4. The predicted octanol–water partition coefficient (Wildman–Crippen LogP) is 2.82. The monoisotopic (exact) mass is 336 g/mol. The zero-order valence-corrected chi connectivity index (χ0v) is 13.5. The number of ether oxygens (including phenoxy) is 1. The van der Waals surface area contributed by atoms with Crippen LogP contribution in [-0.2, 0) is 0 Å². The predicted molar refractivity (Wildman–Crippen MR) is 91.6 cm³/mol. The Morgan fingerprint density at radius 1 is 1.08 bits per heavy atom. The van der Waals surface area contributed by atoms with E-state index < -0.39 is 0 Å². The fourth-order valence-electron chi connectivity index (χ4n) is 2.16. The molecular weight excluding hydrogens is 324 g/mol. The van der Waals surface area contributed by atoms with Crippen LogP contribution in [0.2, 0.25) is 0 Å². The molecule has 3 aromatic heterocycles. The maximum atomic E-state index is 5.15. The molecule has 8 heteroatoms. The summed E-state index contributed by atoms with van der Waals surface area (Å²) in [6, 6.07) is 7.82. The van der Waals surface area contributed by atoms with Crippen molar-refractivity contribution in [1.29, 1.82) is 0 Å². The summed E-state index contributed by atoms with van der Waals surface area (Å²) in [7, 11) is 1.65. The Labute approximate surface area is 141 Å². The molecule has 7 nitrogen and oxygen atoms in total. The van der Waals surface area contributed by atoms with E-state index in [-0.39, 0.29) is 0 Å². The van der Waals surface area contributed by atoms with E-state index in [4.69, 9.17) is 4.74 Å². The lowest BCUT2D eigenvalue weighted by Gasteiger charge is -1.98. The molecule has 0 spiro atoms. The highest BCUT2D eigenvalue weighted by Gasteiger charge is 2.13. The first-order chi connectivity index (χ1) is 11.8. The summed E-state index contributed by atoms with van der Waals surface area (Å²) < 4.78 is 6.84. The molecule has 0 aliphatic heterocycles. The van der Waals surface area contributed by atoms with E-state index in [1.807, 2.05) is 36.4 Å². The van der Waals surface area contributed by atoms with Crippen LogP contribution < -0.4 is 4.74 Å². The molecule has 4 rings (SSSR count). The Morgan fingerprint density at radius 2 is 1.96 bits per heavy atom. The van der Waals surface area contributed by atoms with Crippen molar-refractivity contribution in [1.82, 2.24) is 29.8 Å². The first kappa shape index (κ1) is 14.5. The van der Waals surface area contributed by atoms with Gasteiger partial charge in [-0.2, -0.15) is 9.61 Å². The number of methoxy groups -OCH3 is 1. The smallest absolute Gasteiger partial charge is 0.235 e. The van der Waals surface area contributed by atoms with E-state index in [9.17, 15) is 0 Å². The van der Waals surface area contributed by atoms with Gasteiger partial charge in [0.15, 0.2) is 0 Å². The number of benzene rings is 1. The molecule has 0 atom stereocenters. The van der Waals surface area contributed by atoms with Crippen molar-refractivity contribution in [3.63, 3.8) is 0 Å². The van der Waals surface area contributed by atoms with Gasteiger partial charge in [-0.15, -0.1) is 10.2 Å². The summed E-state index contributed by atoms with van der Waals surface area (Å²) in [4.78, 5) is 9.00. The molecule has 0 saturated heterocycles. The third-order valence-electron chi connectivity index (χ3n) is 3.33. The van der Waals surface area contributed by atoms with Gasteiger partial charge in [0.05, 0.1) is 13.3 Å². The maximum Gasteiger partial charge on any atom is 0.235 e. The lowest BCUT2D eigenvalue weighted by molar-refractivity contribution is 0.415. The van der Waals surface area contributed by atoms with Gasteiger partial charge in [-0.1, -0.05) is 29.5 Å². The maximum absolute atomic E-state index is 5.15. The van der Waals surface area contributed by atoms with Crippen LogP contribution in [0.15, 0.2) is 42.9 Å².